The van der Waals surface area contributed by atoms with Gasteiger partial charge in [0.05, 0.1) is 12.0 Å². The number of benzene rings is 3. The van der Waals surface area contributed by atoms with Crippen molar-refractivity contribution in [3.63, 3.8) is 0 Å². The summed E-state index contributed by atoms with van der Waals surface area (Å²) >= 11 is 0. The number of alkyl halides is 3. The van der Waals surface area contributed by atoms with Crippen LogP contribution in [-0.2, 0) is 28.7 Å². The molecule has 0 aliphatic heterocycles. The largest absolute Gasteiger partial charge is 0.506 e. The minimum absolute atomic E-state index is 0.0441. The first-order valence-electron chi connectivity index (χ1n) is 12.5. The number of aromatic hydroxyl groups is 1. The number of phenols is 1. The van der Waals surface area contributed by atoms with Crippen molar-refractivity contribution in [1.29, 1.82) is 0 Å². The fourth-order valence-electron chi connectivity index (χ4n) is 4.32. The average molecular weight is 543 g/mol. The van der Waals surface area contributed by atoms with Crippen LogP contribution in [0.3, 0.4) is 0 Å². The van der Waals surface area contributed by atoms with Crippen molar-refractivity contribution in [3.05, 3.63) is 82.4 Å². The summed E-state index contributed by atoms with van der Waals surface area (Å²) in [5, 5.41) is 19.5. The van der Waals surface area contributed by atoms with Crippen molar-refractivity contribution in [1.82, 2.24) is 0 Å². The monoisotopic (exact) mass is 542 g/mol. The molecule has 9 heteroatoms. The number of hydrogen-bond donors (Lipinski definition) is 2. The molecule has 0 radical (unpaired) electrons. The van der Waals surface area contributed by atoms with E-state index < -0.39 is 40.6 Å². The van der Waals surface area contributed by atoms with Gasteiger partial charge in [0.1, 0.15) is 29.3 Å². The van der Waals surface area contributed by atoms with E-state index in [1.807, 2.05) is 24.3 Å². The number of ether oxygens (including phenoxy) is 2. The number of rotatable bonds is 8. The summed E-state index contributed by atoms with van der Waals surface area (Å²) in [5.74, 6) is -2.37. The molecule has 0 unspecified atom stereocenters. The number of esters is 1. The standard InChI is InChI=1S/C30H29F3O6/c1-29(2,3)39-28(37)26-20(9-13-24(27(26)36)30(31,32)33)16-38-21-10-7-18(8-11-21)22-12-4-17(15-25(34)35)14-23(22)19-5-6-19/h4,7-14,19,36H,5-6,15-16H2,1-3H3,(H,34,35). The van der Waals surface area contributed by atoms with Crippen LogP contribution < -0.4 is 4.74 Å². The Bertz CT molecular complexity index is 1380. The lowest BCUT2D eigenvalue weighted by Crippen LogP contribution is -2.25. The van der Waals surface area contributed by atoms with E-state index in [0.29, 0.717) is 17.7 Å². The van der Waals surface area contributed by atoms with Gasteiger partial charge in [0.15, 0.2) is 0 Å². The zero-order valence-corrected chi connectivity index (χ0v) is 21.8. The molecule has 1 fully saturated rings. The fourth-order valence-corrected chi connectivity index (χ4v) is 4.32. The van der Waals surface area contributed by atoms with E-state index in [2.05, 4.69) is 0 Å². The van der Waals surface area contributed by atoms with Crippen LogP contribution in [0.25, 0.3) is 11.1 Å². The van der Waals surface area contributed by atoms with E-state index in [4.69, 9.17) is 14.6 Å². The molecule has 1 saturated carbocycles. The average Bonchev–Trinajstić information content (AvgIpc) is 3.66. The third kappa shape index (κ3) is 6.90. The second kappa shape index (κ2) is 10.6. The number of phenolic OH excluding ortho intramolecular Hbond substituents is 1. The van der Waals surface area contributed by atoms with Crippen molar-refractivity contribution >= 4 is 11.9 Å². The Balaban J connectivity index is 1.57. The van der Waals surface area contributed by atoms with Gasteiger partial charge < -0.3 is 19.7 Å². The van der Waals surface area contributed by atoms with Crippen LogP contribution in [0.15, 0.2) is 54.6 Å². The summed E-state index contributed by atoms with van der Waals surface area (Å²) in [6.07, 6.45) is -2.81. The van der Waals surface area contributed by atoms with Crippen molar-refractivity contribution in [2.45, 2.75) is 64.3 Å². The molecule has 0 spiro atoms. The molecule has 1 aliphatic rings. The molecule has 0 aromatic heterocycles. The third-order valence-electron chi connectivity index (χ3n) is 6.22. The van der Waals surface area contributed by atoms with E-state index in [1.165, 1.54) is 0 Å². The van der Waals surface area contributed by atoms with Crippen LogP contribution in [0.5, 0.6) is 11.5 Å². The topological polar surface area (TPSA) is 93.1 Å². The number of carboxylic acid groups (broad SMARTS) is 1. The Hall–Kier alpha value is -4.01. The summed E-state index contributed by atoms with van der Waals surface area (Å²) in [4.78, 5) is 23.8. The Morgan fingerprint density at radius 1 is 0.974 bits per heavy atom. The van der Waals surface area contributed by atoms with Crippen molar-refractivity contribution < 1.29 is 42.4 Å². The second-order valence-electron chi connectivity index (χ2n) is 10.6. The highest BCUT2D eigenvalue weighted by Crippen LogP contribution is 2.45. The first-order chi connectivity index (χ1) is 18.2. The van der Waals surface area contributed by atoms with Crippen LogP contribution in [0, 0.1) is 0 Å². The van der Waals surface area contributed by atoms with Crippen LogP contribution in [0.1, 0.15) is 72.1 Å². The van der Waals surface area contributed by atoms with Crippen LogP contribution >= 0.6 is 0 Å². The highest BCUT2D eigenvalue weighted by molar-refractivity contribution is 5.95. The molecule has 4 rings (SSSR count). The molecule has 0 atom stereocenters. The lowest BCUT2D eigenvalue weighted by molar-refractivity contribution is -0.139. The maximum Gasteiger partial charge on any atom is 0.419 e. The van der Waals surface area contributed by atoms with E-state index in [-0.39, 0.29) is 18.6 Å². The van der Waals surface area contributed by atoms with Gasteiger partial charge in [-0.15, -0.1) is 0 Å². The van der Waals surface area contributed by atoms with Gasteiger partial charge in [-0.2, -0.15) is 13.2 Å². The van der Waals surface area contributed by atoms with Crippen molar-refractivity contribution in [2.75, 3.05) is 0 Å². The number of carbonyl (C=O) groups is 2. The zero-order valence-electron chi connectivity index (χ0n) is 21.8. The molecule has 6 nitrogen and oxygen atoms in total. The van der Waals surface area contributed by atoms with Gasteiger partial charge in [0.25, 0.3) is 0 Å². The molecule has 206 valence electrons. The number of halogens is 3. The Kier molecular flexibility index (Phi) is 7.63. The SMILES string of the molecule is CC(C)(C)OC(=O)c1c(COc2ccc(-c3ccc(CC(=O)O)cc3C3CC3)cc2)ccc(C(F)(F)F)c1O. The minimum Gasteiger partial charge on any atom is -0.506 e. The van der Waals surface area contributed by atoms with Gasteiger partial charge >= 0.3 is 18.1 Å². The Morgan fingerprint density at radius 3 is 2.21 bits per heavy atom. The van der Waals surface area contributed by atoms with E-state index >= 15 is 0 Å². The Labute approximate surface area is 224 Å². The molecule has 0 amide bonds. The second-order valence-corrected chi connectivity index (χ2v) is 10.6. The lowest BCUT2D eigenvalue weighted by atomic mass is 9.94. The first-order valence-corrected chi connectivity index (χ1v) is 12.5. The molecule has 39 heavy (non-hydrogen) atoms. The van der Waals surface area contributed by atoms with E-state index in [9.17, 15) is 27.9 Å². The molecular formula is C30H29F3O6. The van der Waals surface area contributed by atoms with Gasteiger partial charge in [0, 0.05) is 5.56 Å². The predicted octanol–water partition coefficient (Wildman–Crippen LogP) is 7.12. The lowest BCUT2D eigenvalue weighted by Gasteiger charge is -2.22. The maximum absolute atomic E-state index is 13.4. The smallest absolute Gasteiger partial charge is 0.419 e. The number of aliphatic carboxylic acids is 1. The molecule has 3 aromatic rings. The normalized spacial score (nSPS) is 13.7. The van der Waals surface area contributed by atoms with Crippen LogP contribution in [-0.4, -0.2) is 27.8 Å². The first kappa shape index (κ1) is 28.0. The summed E-state index contributed by atoms with van der Waals surface area (Å²) in [6.45, 7) is 4.43. The van der Waals surface area contributed by atoms with E-state index in [0.717, 1.165) is 41.2 Å². The summed E-state index contributed by atoms with van der Waals surface area (Å²) < 4.78 is 51.2. The van der Waals surface area contributed by atoms with Crippen LogP contribution in [0.2, 0.25) is 0 Å². The zero-order chi connectivity index (χ0) is 28.5. The van der Waals surface area contributed by atoms with Gasteiger partial charge in [-0.1, -0.05) is 36.4 Å². The highest BCUT2D eigenvalue weighted by atomic mass is 19.4. The Morgan fingerprint density at radius 2 is 1.64 bits per heavy atom. The maximum atomic E-state index is 13.4. The molecule has 0 saturated heterocycles. The molecule has 2 N–H and O–H groups in total. The number of hydrogen-bond acceptors (Lipinski definition) is 5. The minimum atomic E-state index is -4.86. The highest BCUT2D eigenvalue weighted by Gasteiger charge is 2.37. The predicted molar refractivity (Wildman–Crippen MR) is 138 cm³/mol. The fraction of sp³-hybridized carbons (Fsp3) is 0.333. The molecular weight excluding hydrogens is 513 g/mol. The number of carboxylic acids is 1. The van der Waals surface area contributed by atoms with Gasteiger partial charge in [-0.3, -0.25) is 4.79 Å². The van der Waals surface area contributed by atoms with Crippen molar-refractivity contribution in [2.24, 2.45) is 0 Å². The van der Waals surface area contributed by atoms with Crippen molar-refractivity contribution in [3.8, 4) is 22.6 Å². The quantitative estimate of drug-likeness (QED) is 0.295. The van der Waals surface area contributed by atoms with E-state index in [1.54, 1.807) is 39.0 Å². The van der Waals surface area contributed by atoms with Gasteiger partial charge in [-0.25, -0.2) is 4.79 Å². The number of carbonyl (C=O) groups excluding carboxylic acids is 1. The third-order valence-corrected chi connectivity index (χ3v) is 6.22. The summed E-state index contributed by atoms with van der Waals surface area (Å²) in [5.41, 5.74) is 0.883. The summed E-state index contributed by atoms with van der Waals surface area (Å²) in [7, 11) is 0. The van der Waals surface area contributed by atoms with Gasteiger partial charge in [0.2, 0.25) is 0 Å². The molecule has 0 heterocycles. The molecule has 0 bridgehead atoms. The molecule has 1 aliphatic carbocycles. The van der Waals surface area contributed by atoms with Gasteiger partial charge in [-0.05, 0) is 80.0 Å². The van der Waals surface area contributed by atoms with Crippen LogP contribution in [0.4, 0.5) is 13.2 Å². The summed E-state index contributed by atoms with van der Waals surface area (Å²) in [6, 6.07) is 14.5. The molecule has 3 aromatic carbocycles.